The molecule has 5 N–H and O–H groups in total. The summed E-state index contributed by atoms with van der Waals surface area (Å²) < 4.78 is 33.1. The van der Waals surface area contributed by atoms with E-state index in [1.54, 1.807) is 20.8 Å². The van der Waals surface area contributed by atoms with Gasteiger partial charge in [0.1, 0.15) is 12.1 Å². The Morgan fingerprint density at radius 2 is 1.79 bits per heavy atom. The van der Waals surface area contributed by atoms with Gasteiger partial charge in [0, 0.05) is 24.4 Å². The van der Waals surface area contributed by atoms with E-state index in [4.69, 9.17) is 0 Å². The summed E-state index contributed by atoms with van der Waals surface area (Å²) in [5.74, 6) is -2.45. The van der Waals surface area contributed by atoms with Crippen molar-refractivity contribution in [3.63, 3.8) is 0 Å². The second-order valence-corrected chi connectivity index (χ2v) is 14.8. The number of carbonyl (C=O) groups excluding carboxylic acids is 4. The Balaban J connectivity index is 1.87. The standard InChI is InChI=1S/C26H44N4O8S/c1-13(2)10-16(29-24(35)25(3,4)5)22(33)30-12-15-18(26(15,6)7)19(30)21(32)28-17(23(34)39(36,37)38)11-14-8-9-27-20(14)31/h13-19,23,34H,8-12H2,1-7H3,(H,27,31)(H,28,32)(H,29,35)(H,36,37,38)/t14-,15-,16-,17-,18-,19-,23?/m0/s1. The number of aliphatic hydroxyl groups is 1. The quantitative estimate of drug-likeness (QED) is 0.231. The number of nitrogens with zero attached hydrogens (tertiary/aromatic N) is 1. The van der Waals surface area contributed by atoms with Crippen LogP contribution < -0.4 is 16.0 Å². The zero-order chi connectivity index (χ0) is 29.7. The summed E-state index contributed by atoms with van der Waals surface area (Å²) in [4.78, 5) is 53.9. The van der Waals surface area contributed by atoms with Crippen LogP contribution in [0.3, 0.4) is 0 Å². The molecule has 4 amide bonds. The summed E-state index contributed by atoms with van der Waals surface area (Å²) in [5, 5.41) is 18.4. The van der Waals surface area contributed by atoms with E-state index in [2.05, 4.69) is 16.0 Å². The highest BCUT2D eigenvalue weighted by atomic mass is 32.2. The zero-order valence-corrected chi connectivity index (χ0v) is 24.7. The van der Waals surface area contributed by atoms with Gasteiger partial charge < -0.3 is 26.0 Å². The molecule has 7 atom stereocenters. The molecule has 2 heterocycles. The first-order valence-corrected chi connectivity index (χ1v) is 15.1. The Hall–Kier alpha value is -2.25. The highest BCUT2D eigenvalue weighted by molar-refractivity contribution is 7.86. The maximum Gasteiger partial charge on any atom is 0.294 e. The minimum atomic E-state index is -4.96. The monoisotopic (exact) mass is 572 g/mol. The molecule has 13 heteroatoms. The van der Waals surface area contributed by atoms with Crippen molar-refractivity contribution >= 4 is 33.7 Å². The first-order valence-electron chi connectivity index (χ1n) is 13.6. The predicted molar refractivity (Wildman–Crippen MR) is 142 cm³/mol. The first kappa shape index (κ1) is 31.3. The van der Waals surface area contributed by atoms with Gasteiger partial charge in [0.15, 0.2) is 0 Å². The second kappa shape index (κ2) is 11.0. The lowest BCUT2D eigenvalue weighted by atomic mass is 9.93. The molecule has 12 nitrogen and oxygen atoms in total. The molecule has 3 rings (SSSR count). The summed E-state index contributed by atoms with van der Waals surface area (Å²) in [6.07, 6.45) is 0.554. The van der Waals surface area contributed by atoms with Crippen LogP contribution in [-0.2, 0) is 29.3 Å². The molecule has 0 aromatic carbocycles. The number of hydrogen-bond acceptors (Lipinski definition) is 7. The maximum absolute atomic E-state index is 13.8. The summed E-state index contributed by atoms with van der Waals surface area (Å²) in [6, 6.07) is -3.28. The number of rotatable bonds is 10. The van der Waals surface area contributed by atoms with E-state index in [1.165, 1.54) is 4.90 Å². The molecule has 0 aromatic heterocycles. The third-order valence-corrected chi connectivity index (χ3v) is 9.37. The SMILES string of the molecule is CC(C)C[C@H](NC(=O)C(C)(C)C)C(=O)N1C[C@H]2[C@@H]([C@H]1C(=O)N[C@@H](C[C@@H]1CCNC1=O)C(O)S(=O)(=O)O)C2(C)C. The van der Waals surface area contributed by atoms with Crippen LogP contribution in [0.4, 0.5) is 0 Å². The molecular weight excluding hydrogens is 528 g/mol. The van der Waals surface area contributed by atoms with Crippen LogP contribution in [0.1, 0.15) is 67.7 Å². The van der Waals surface area contributed by atoms with E-state index in [0.717, 1.165) is 0 Å². The number of likely N-dealkylation sites (tertiary alicyclic amines) is 1. The average Bonchev–Trinajstić information content (AvgIpc) is 3.15. The van der Waals surface area contributed by atoms with Gasteiger partial charge in [-0.15, -0.1) is 0 Å². The lowest BCUT2D eigenvalue weighted by Crippen LogP contribution is -2.59. The Bertz CT molecular complexity index is 1100. The number of piperidine rings is 1. The first-order chi connectivity index (χ1) is 17.8. The average molecular weight is 573 g/mol. The third-order valence-electron chi connectivity index (χ3n) is 8.43. The molecule has 0 bridgehead atoms. The Morgan fingerprint density at radius 1 is 1.18 bits per heavy atom. The second-order valence-electron chi connectivity index (χ2n) is 13.3. The Morgan fingerprint density at radius 3 is 2.28 bits per heavy atom. The molecule has 2 saturated heterocycles. The van der Waals surface area contributed by atoms with Crippen LogP contribution in [0, 0.1) is 34.5 Å². The summed E-state index contributed by atoms with van der Waals surface area (Å²) in [6.45, 7) is 13.8. The highest BCUT2D eigenvalue weighted by Gasteiger charge is 2.69. The molecular formula is C26H44N4O8S. The molecule has 3 aliphatic rings. The van der Waals surface area contributed by atoms with Crippen molar-refractivity contribution < 1.29 is 37.3 Å². The van der Waals surface area contributed by atoms with Crippen LogP contribution in [0.2, 0.25) is 0 Å². The van der Waals surface area contributed by atoms with Crippen molar-refractivity contribution in [1.82, 2.24) is 20.9 Å². The van der Waals surface area contributed by atoms with Crippen molar-refractivity contribution in [1.29, 1.82) is 0 Å². The Kier molecular flexibility index (Phi) is 8.79. The summed E-state index contributed by atoms with van der Waals surface area (Å²) >= 11 is 0. The van der Waals surface area contributed by atoms with Crippen molar-refractivity contribution in [3.8, 4) is 0 Å². The lowest BCUT2D eigenvalue weighted by molar-refractivity contribution is -0.144. The van der Waals surface area contributed by atoms with Crippen LogP contribution in [-0.4, -0.2) is 83.3 Å². The fraction of sp³-hybridized carbons (Fsp3) is 0.846. The van der Waals surface area contributed by atoms with E-state index in [1.807, 2.05) is 27.7 Å². The van der Waals surface area contributed by atoms with Gasteiger partial charge in [0.25, 0.3) is 10.1 Å². The van der Waals surface area contributed by atoms with Gasteiger partial charge >= 0.3 is 0 Å². The normalized spacial score (nSPS) is 28.4. The van der Waals surface area contributed by atoms with E-state index in [9.17, 15) is 37.3 Å². The zero-order valence-electron chi connectivity index (χ0n) is 23.9. The fourth-order valence-corrected chi connectivity index (χ4v) is 6.57. The number of amides is 4. The van der Waals surface area contributed by atoms with Crippen LogP contribution >= 0.6 is 0 Å². The van der Waals surface area contributed by atoms with Crippen LogP contribution in [0.25, 0.3) is 0 Å². The fourth-order valence-electron chi connectivity index (χ4n) is 5.98. The molecule has 1 unspecified atom stereocenters. The number of fused-ring (bicyclic) bond motifs is 1. The number of aliphatic hydroxyl groups excluding tert-OH is 1. The van der Waals surface area contributed by atoms with Gasteiger partial charge in [0.2, 0.25) is 29.1 Å². The van der Waals surface area contributed by atoms with Gasteiger partial charge in [-0.3, -0.25) is 23.7 Å². The molecule has 1 saturated carbocycles. The van der Waals surface area contributed by atoms with Crippen LogP contribution in [0.15, 0.2) is 0 Å². The van der Waals surface area contributed by atoms with Gasteiger partial charge in [-0.1, -0.05) is 48.5 Å². The molecule has 1 aliphatic carbocycles. The predicted octanol–water partition coefficient (Wildman–Crippen LogP) is 0.264. The molecule has 0 spiro atoms. The molecule has 222 valence electrons. The highest BCUT2D eigenvalue weighted by Crippen LogP contribution is 2.65. The van der Waals surface area contributed by atoms with Crippen molar-refractivity contribution in [3.05, 3.63) is 0 Å². The smallest absolute Gasteiger partial charge is 0.294 e. The van der Waals surface area contributed by atoms with E-state index >= 15 is 0 Å². The maximum atomic E-state index is 13.8. The minimum Gasteiger partial charge on any atom is -0.374 e. The topological polar surface area (TPSA) is 182 Å². The molecule has 3 fully saturated rings. The number of carbonyl (C=O) groups is 4. The third kappa shape index (κ3) is 6.74. The van der Waals surface area contributed by atoms with E-state index < -0.39 is 56.8 Å². The van der Waals surface area contributed by atoms with E-state index in [0.29, 0.717) is 25.9 Å². The lowest BCUT2D eigenvalue weighted by Gasteiger charge is -2.35. The Labute approximate surface area is 230 Å². The van der Waals surface area contributed by atoms with Gasteiger partial charge in [0.05, 0.1) is 6.04 Å². The molecule has 0 aromatic rings. The number of nitrogens with one attached hydrogen (secondary N) is 3. The summed E-state index contributed by atoms with van der Waals surface area (Å²) in [7, 11) is -4.96. The molecule has 2 aliphatic heterocycles. The van der Waals surface area contributed by atoms with Gasteiger partial charge in [-0.25, -0.2) is 0 Å². The van der Waals surface area contributed by atoms with Crippen molar-refractivity contribution in [2.24, 2.45) is 34.5 Å². The van der Waals surface area contributed by atoms with E-state index in [-0.39, 0.29) is 41.4 Å². The van der Waals surface area contributed by atoms with Crippen LogP contribution in [0.5, 0.6) is 0 Å². The summed E-state index contributed by atoms with van der Waals surface area (Å²) in [5.41, 5.74) is -3.32. The largest absolute Gasteiger partial charge is 0.374 e. The number of hydrogen-bond donors (Lipinski definition) is 5. The van der Waals surface area contributed by atoms with Gasteiger partial charge in [-0.05, 0) is 42.4 Å². The minimum absolute atomic E-state index is 0.0285. The van der Waals surface area contributed by atoms with Gasteiger partial charge in [-0.2, -0.15) is 8.42 Å². The molecule has 0 radical (unpaired) electrons. The molecule has 39 heavy (non-hydrogen) atoms. The van der Waals surface area contributed by atoms with Crippen molar-refractivity contribution in [2.75, 3.05) is 13.1 Å². The van der Waals surface area contributed by atoms with Crippen molar-refractivity contribution in [2.45, 2.75) is 91.3 Å².